The minimum absolute atomic E-state index is 0.216. The molecule has 2 unspecified atom stereocenters. The van der Waals surface area contributed by atoms with Crippen molar-refractivity contribution in [3.8, 4) is 0 Å². The zero-order valence-corrected chi connectivity index (χ0v) is 10.5. The Bertz CT molecular complexity index is 198. The molecular formula is C12H25NO. The van der Waals surface area contributed by atoms with Crippen LogP contribution >= 0.6 is 0 Å². The van der Waals surface area contributed by atoms with Crippen molar-refractivity contribution < 1.29 is 5.11 Å². The van der Waals surface area contributed by atoms with Crippen molar-refractivity contribution >= 4 is 5.71 Å². The lowest BCUT2D eigenvalue weighted by Gasteiger charge is -2.37. The monoisotopic (exact) mass is 199 g/mol. The Balaban J connectivity index is 4.99. The third kappa shape index (κ3) is 2.57. The molecule has 0 aliphatic carbocycles. The van der Waals surface area contributed by atoms with Gasteiger partial charge in [-0.05, 0) is 25.7 Å². The van der Waals surface area contributed by atoms with Gasteiger partial charge >= 0.3 is 0 Å². The molecule has 2 nitrogen and oxygen atoms in total. The molecule has 0 fully saturated rings. The fourth-order valence-electron chi connectivity index (χ4n) is 2.02. The van der Waals surface area contributed by atoms with Gasteiger partial charge in [0.2, 0.25) is 0 Å². The Morgan fingerprint density at radius 3 is 2.07 bits per heavy atom. The topological polar surface area (TPSA) is 32.6 Å². The van der Waals surface area contributed by atoms with Gasteiger partial charge in [0, 0.05) is 12.3 Å². The molecule has 0 aliphatic heterocycles. The fourth-order valence-corrected chi connectivity index (χ4v) is 2.02. The highest BCUT2D eigenvalue weighted by atomic mass is 16.3. The first-order valence-electron chi connectivity index (χ1n) is 5.65. The zero-order chi connectivity index (χ0) is 11.4. The summed E-state index contributed by atoms with van der Waals surface area (Å²) in [6.45, 7) is 13.0. The lowest BCUT2D eigenvalue weighted by molar-refractivity contribution is 0.0103. The molecule has 0 heterocycles. The lowest BCUT2D eigenvalue weighted by atomic mass is 9.75. The molecule has 0 saturated carbocycles. The van der Waals surface area contributed by atoms with Gasteiger partial charge in [0.1, 0.15) is 5.60 Å². The quantitative estimate of drug-likeness (QED) is 0.678. The highest BCUT2D eigenvalue weighted by Gasteiger charge is 2.38. The van der Waals surface area contributed by atoms with Crippen LogP contribution in [0.2, 0.25) is 0 Å². The van der Waals surface area contributed by atoms with E-state index in [0.717, 1.165) is 18.7 Å². The predicted molar refractivity (Wildman–Crippen MR) is 62.9 cm³/mol. The fraction of sp³-hybridized carbons (Fsp3) is 0.917. The smallest absolute Gasteiger partial charge is 0.107 e. The number of rotatable bonds is 5. The van der Waals surface area contributed by atoms with Crippen molar-refractivity contribution in [1.82, 2.24) is 0 Å². The molecule has 0 aromatic heterocycles. The van der Waals surface area contributed by atoms with E-state index in [1.165, 1.54) is 0 Å². The Hall–Kier alpha value is -0.370. The molecule has 0 bridgehead atoms. The third-order valence-corrected chi connectivity index (χ3v) is 3.22. The van der Waals surface area contributed by atoms with E-state index in [2.05, 4.69) is 32.7 Å². The van der Waals surface area contributed by atoms with Crippen molar-refractivity contribution in [3.63, 3.8) is 0 Å². The van der Waals surface area contributed by atoms with Crippen LogP contribution in [0.1, 0.15) is 48.0 Å². The maximum Gasteiger partial charge on any atom is 0.107 e. The Morgan fingerprint density at radius 1 is 1.29 bits per heavy atom. The van der Waals surface area contributed by atoms with E-state index in [4.69, 9.17) is 0 Å². The van der Waals surface area contributed by atoms with Crippen LogP contribution in [-0.2, 0) is 0 Å². The van der Waals surface area contributed by atoms with Gasteiger partial charge in [0.25, 0.3) is 0 Å². The lowest BCUT2D eigenvalue weighted by Crippen LogP contribution is -2.48. The van der Waals surface area contributed by atoms with Crippen LogP contribution in [0, 0.1) is 11.8 Å². The summed E-state index contributed by atoms with van der Waals surface area (Å²) in [5.41, 5.74) is 0.148. The van der Waals surface area contributed by atoms with Gasteiger partial charge in [0.15, 0.2) is 0 Å². The van der Waals surface area contributed by atoms with Gasteiger partial charge in [-0.15, -0.1) is 0 Å². The normalized spacial score (nSPS) is 19.6. The molecule has 0 amide bonds. The summed E-state index contributed by atoms with van der Waals surface area (Å²) < 4.78 is 0. The van der Waals surface area contributed by atoms with Gasteiger partial charge < -0.3 is 5.11 Å². The van der Waals surface area contributed by atoms with E-state index >= 15 is 0 Å². The van der Waals surface area contributed by atoms with Crippen LogP contribution in [0.25, 0.3) is 0 Å². The minimum Gasteiger partial charge on any atom is -0.383 e. The van der Waals surface area contributed by atoms with Crippen LogP contribution in [0.3, 0.4) is 0 Å². The van der Waals surface area contributed by atoms with Crippen molar-refractivity contribution in [2.75, 3.05) is 6.54 Å². The Morgan fingerprint density at radius 2 is 1.79 bits per heavy atom. The number of aliphatic hydroxyl groups is 1. The summed E-state index contributed by atoms with van der Waals surface area (Å²) in [6.07, 6.45) is 0.977. The van der Waals surface area contributed by atoms with Crippen molar-refractivity contribution in [3.05, 3.63) is 0 Å². The van der Waals surface area contributed by atoms with E-state index in [1.807, 2.05) is 13.8 Å². The molecule has 0 aliphatic rings. The maximum atomic E-state index is 10.6. The number of hydrogen-bond donors (Lipinski definition) is 1. The van der Waals surface area contributed by atoms with Gasteiger partial charge in [-0.3, -0.25) is 4.99 Å². The molecule has 0 aromatic rings. The highest BCUT2D eigenvalue weighted by molar-refractivity contribution is 5.90. The van der Waals surface area contributed by atoms with Crippen LogP contribution < -0.4 is 0 Å². The molecule has 0 rings (SSSR count). The van der Waals surface area contributed by atoms with E-state index in [-0.39, 0.29) is 11.8 Å². The SMILES string of the molecule is CCN=C(C)C(O)(C(C)C)C(C)CC. The second-order valence-electron chi connectivity index (χ2n) is 4.35. The van der Waals surface area contributed by atoms with Crippen molar-refractivity contribution in [1.29, 1.82) is 0 Å². The van der Waals surface area contributed by atoms with Crippen LogP contribution in [0.15, 0.2) is 4.99 Å². The molecule has 2 heteroatoms. The zero-order valence-electron chi connectivity index (χ0n) is 10.5. The van der Waals surface area contributed by atoms with E-state index in [1.54, 1.807) is 0 Å². The Labute approximate surface area is 88.4 Å². The standard InChI is InChI=1S/C12H25NO/c1-7-10(5)12(14,9(3)4)11(6)13-8-2/h9-10,14H,7-8H2,1-6H3. The molecule has 0 spiro atoms. The first-order valence-corrected chi connectivity index (χ1v) is 5.65. The predicted octanol–water partition coefficient (Wildman–Crippen LogP) is 2.90. The average Bonchev–Trinajstić information content (AvgIpc) is 2.15. The summed E-state index contributed by atoms with van der Waals surface area (Å²) in [5.74, 6) is 0.477. The number of nitrogens with zero attached hydrogens (tertiary/aromatic N) is 1. The van der Waals surface area contributed by atoms with Crippen LogP contribution in [-0.4, -0.2) is 23.0 Å². The second kappa shape index (κ2) is 5.50. The first-order chi connectivity index (χ1) is 6.41. The number of aliphatic imine (C=N–C) groups is 1. The summed E-state index contributed by atoms with van der Waals surface area (Å²) in [5, 5.41) is 10.6. The van der Waals surface area contributed by atoms with E-state index < -0.39 is 5.60 Å². The summed E-state index contributed by atoms with van der Waals surface area (Å²) in [7, 11) is 0. The van der Waals surface area contributed by atoms with Gasteiger partial charge in [-0.25, -0.2) is 0 Å². The van der Waals surface area contributed by atoms with Crippen LogP contribution in [0.4, 0.5) is 0 Å². The molecule has 0 aromatic carbocycles. The molecule has 84 valence electrons. The maximum absolute atomic E-state index is 10.6. The summed E-state index contributed by atoms with van der Waals surface area (Å²) >= 11 is 0. The number of hydrogen-bond acceptors (Lipinski definition) is 2. The molecule has 0 saturated heterocycles. The highest BCUT2D eigenvalue weighted by Crippen LogP contribution is 2.30. The summed E-state index contributed by atoms with van der Waals surface area (Å²) in [6, 6.07) is 0. The second-order valence-corrected chi connectivity index (χ2v) is 4.35. The molecule has 1 N–H and O–H groups in total. The van der Waals surface area contributed by atoms with E-state index in [0.29, 0.717) is 0 Å². The minimum atomic E-state index is -0.731. The Kier molecular flexibility index (Phi) is 5.35. The summed E-state index contributed by atoms with van der Waals surface area (Å²) in [4.78, 5) is 4.35. The van der Waals surface area contributed by atoms with Gasteiger partial charge in [-0.2, -0.15) is 0 Å². The molecular weight excluding hydrogens is 174 g/mol. The average molecular weight is 199 g/mol. The molecule has 2 atom stereocenters. The van der Waals surface area contributed by atoms with Crippen LogP contribution in [0.5, 0.6) is 0 Å². The first kappa shape index (κ1) is 13.6. The largest absolute Gasteiger partial charge is 0.383 e. The third-order valence-electron chi connectivity index (χ3n) is 3.22. The van der Waals surface area contributed by atoms with Gasteiger partial charge in [-0.1, -0.05) is 34.1 Å². The van der Waals surface area contributed by atoms with E-state index in [9.17, 15) is 5.11 Å². The molecule has 0 radical (unpaired) electrons. The molecule has 14 heavy (non-hydrogen) atoms. The van der Waals surface area contributed by atoms with Gasteiger partial charge in [0.05, 0.1) is 0 Å². The van der Waals surface area contributed by atoms with Crippen molar-refractivity contribution in [2.45, 2.75) is 53.6 Å². The van der Waals surface area contributed by atoms with Crippen molar-refractivity contribution in [2.24, 2.45) is 16.8 Å².